The van der Waals surface area contributed by atoms with E-state index in [1.165, 1.54) is 12.0 Å². The number of hydrogen-bond acceptors (Lipinski definition) is 4. The topological polar surface area (TPSA) is 66.9 Å². The molecule has 0 atom stereocenters. The van der Waals surface area contributed by atoms with Crippen molar-refractivity contribution in [3.8, 4) is 5.75 Å². The number of hydrogen-bond donors (Lipinski definition) is 0. The van der Waals surface area contributed by atoms with Gasteiger partial charge in [0.2, 0.25) is 5.91 Å². The minimum atomic E-state index is -4.91. The van der Waals surface area contributed by atoms with Crippen LogP contribution in [0.4, 0.5) is 18.9 Å². The third-order valence-electron chi connectivity index (χ3n) is 4.99. The van der Waals surface area contributed by atoms with Crippen molar-refractivity contribution in [3.05, 3.63) is 23.8 Å². The number of ether oxygens (including phenoxy) is 1. The van der Waals surface area contributed by atoms with Crippen LogP contribution in [0, 0.1) is 5.92 Å². The van der Waals surface area contributed by atoms with E-state index in [2.05, 4.69) is 0 Å². The average molecular weight is 384 g/mol. The average Bonchev–Trinajstić information content (AvgIpc) is 2.66. The number of carbonyl (C=O) groups is 3. The number of halogens is 3. The second-order valence-corrected chi connectivity index (χ2v) is 6.58. The number of piperidine rings is 1. The summed E-state index contributed by atoms with van der Waals surface area (Å²) in [5, 5.41) is 0. The van der Waals surface area contributed by atoms with Gasteiger partial charge >= 0.3 is 12.1 Å². The van der Waals surface area contributed by atoms with Crippen molar-refractivity contribution >= 4 is 23.3 Å². The SMILES string of the molecule is COc1cccc2c1N(C(=O)C1CCN(C(=O)C(F)(F)F)CC1)CCC2=O. The van der Waals surface area contributed by atoms with Crippen LogP contribution >= 0.6 is 0 Å². The van der Waals surface area contributed by atoms with E-state index in [1.807, 2.05) is 0 Å². The molecule has 0 aliphatic carbocycles. The molecular weight excluding hydrogens is 365 g/mol. The highest BCUT2D eigenvalue weighted by Crippen LogP contribution is 2.38. The minimum Gasteiger partial charge on any atom is -0.495 e. The highest BCUT2D eigenvalue weighted by molar-refractivity contribution is 6.10. The third kappa shape index (κ3) is 3.63. The van der Waals surface area contributed by atoms with Gasteiger partial charge in [0.1, 0.15) is 5.75 Å². The van der Waals surface area contributed by atoms with Crippen molar-refractivity contribution in [1.29, 1.82) is 0 Å². The lowest BCUT2D eigenvalue weighted by atomic mass is 9.92. The van der Waals surface area contributed by atoms with Crippen LogP contribution in [0.5, 0.6) is 5.75 Å². The molecule has 2 heterocycles. The van der Waals surface area contributed by atoms with E-state index in [0.29, 0.717) is 17.0 Å². The lowest BCUT2D eigenvalue weighted by molar-refractivity contribution is -0.186. The number of anilines is 1. The number of rotatable bonds is 2. The first-order valence-corrected chi connectivity index (χ1v) is 8.61. The van der Waals surface area contributed by atoms with Crippen molar-refractivity contribution in [2.75, 3.05) is 31.6 Å². The van der Waals surface area contributed by atoms with Gasteiger partial charge in [-0.25, -0.2) is 0 Å². The molecule has 0 N–H and O–H groups in total. The number of amides is 2. The quantitative estimate of drug-likeness (QED) is 0.786. The predicted molar refractivity (Wildman–Crippen MR) is 89.7 cm³/mol. The number of fused-ring (bicyclic) bond motifs is 1. The fourth-order valence-electron chi connectivity index (χ4n) is 3.60. The van der Waals surface area contributed by atoms with Crippen LogP contribution in [-0.4, -0.2) is 55.4 Å². The van der Waals surface area contributed by atoms with Crippen LogP contribution in [0.3, 0.4) is 0 Å². The van der Waals surface area contributed by atoms with Crippen LogP contribution < -0.4 is 9.64 Å². The Morgan fingerprint density at radius 1 is 1.15 bits per heavy atom. The molecule has 0 radical (unpaired) electrons. The second kappa shape index (κ2) is 7.21. The summed E-state index contributed by atoms with van der Waals surface area (Å²) in [6, 6.07) is 4.96. The number of Topliss-reactive ketones (excluding diaryl/α,β-unsaturated/α-hetero) is 1. The van der Waals surface area contributed by atoms with Crippen molar-refractivity contribution in [2.45, 2.75) is 25.4 Å². The van der Waals surface area contributed by atoms with Crippen LogP contribution in [0.2, 0.25) is 0 Å². The fourth-order valence-corrected chi connectivity index (χ4v) is 3.60. The van der Waals surface area contributed by atoms with Gasteiger partial charge in [0.25, 0.3) is 0 Å². The number of likely N-dealkylation sites (tertiary alicyclic amines) is 1. The standard InChI is InChI=1S/C18H19F3N2O4/c1-27-14-4-2-3-12-13(24)7-10-23(15(12)14)16(25)11-5-8-22(9-6-11)17(26)18(19,20)21/h2-4,11H,5-10H2,1H3. The largest absolute Gasteiger partial charge is 0.495 e. The first-order chi connectivity index (χ1) is 12.7. The van der Waals surface area contributed by atoms with E-state index in [4.69, 9.17) is 4.74 Å². The molecule has 1 fully saturated rings. The fraction of sp³-hybridized carbons (Fsp3) is 0.500. The molecule has 0 bridgehead atoms. The Hall–Kier alpha value is -2.58. The highest BCUT2D eigenvalue weighted by atomic mass is 19.4. The Balaban J connectivity index is 1.76. The van der Waals surface area contributed by atoms with Gasteiger partial charge in [0.05, 0.1) is 12.8 Å². The summed E-state index contributed by atoms with van der Waals surface area (Å²) in [5.41, 5.74) is 0.814. The zero-order valence-corrected chi connectivity index (χ0v) is 14.7. The van der Waals surface area contributed by atoms with Crippen LogP contribution in [0.15, 0.2) is 18.2 Å². The maximum Gasteiger partial charge on any atom is 0.471 e. The Bertz CT molecular complexity index is 770. The van der Waals surface area contributed by atoms with Crippen molar-refractivity contribution in [2.24, 2.45) is 5.92 Å². The van der Waals surface area contributed by atoms with Gasteiger partial charge in [0, 0.05) is 37.5 Å². The number of carbonyl (C=O) groups excluding carboxylic acids is 3. The summed E-state index contributed by atoms with van der Waals surface area (Å²) < 4.78 is 43.0. The van der Waals surface area contributed by atoms with Gasteiger partial charge in [-0.3, -0.25) is 14.4 Å². The summed E-state index contributed by atoms with van der Waals surface area (Å²) >= 11 is 0. The number of ketones is 1. The molecule has 1 aromatic rings. The lowest BCUT2D eigenvalue weighted by Gasteiger charge is -2.36. The van der Waals surface area contributed by atoms with E-state index >= 15 is 0 Å². The van der Waals surface area contributed by atoms with E-state index in [1.54, 1.807) is 18.2 Å². The Kier molecular flexibility index (Phi) is 5.12. The molecule has 0 unspecified atom stereocenters. The van der Waals surface area contributed by atoms with Gasteiger partial charge in [-0.15, -0.1) is 0 Å². The molecule has 9 heteroatoms. The van der Waals surface area contributed by atoms with E-state index < -0.39 is 18.0 Å². The number of benzene rings is 1. The summed E-state index contributed by atoms with van der Waals surface area (Å²) in [6.45, 7) is -0.0483. The number of methoxy groups -OCH3 is 1. The van der Waals surface area contributed by atoms with E-state index in [0.717, 1.165) is 4.90 Å². The van der Waals surface area contributed by atoms with Crippen LogP contribution in [0.25, 0.3) is 0 Å². The summed E-state index contributed by atoms with van der Waals surface area (Å²) in [4.78, 5) is 38.7. The minimum absolute atomic E-state index is 0.0847. The number of nitrogens with zero attached hydrogens (tertiary/aromatic N) is 2. The Morgan fingerprint density at radius 3 is 2.41 bits per heavy atom. The molecule has 2 aliphatic heterocycles. The van der Waals surface area contributed by atoms with Gasteiger partial charge < -0.3 is 14.5 Å². The molecule has 1 aromatic carbocycles. The molecular formula is C18H19F3N2O4. The maximum atomic E-state index is 13.0. The van der Waals surface area contributed by atoms with E-state index in [9.17, 15) is 27.6 Å². The van der Waals surface area contributed by atoms with Gasteiger partial charge in [-0.05, 0) is 25.0 Å². The smallest absolute Gasteiger partial charge is 0.471 e. The predicted octanol–water partition coefficient (Wildman–Crippen LogP) is 2.42. The highest BCUT2D eigenvalue weighted by Gasteiger charge is 2.44. The Morgan fingerprint density at radius 2 is 1.81 bits per heavy atom. The van der Waals surface area contributed by atoms with Crippen molar-refractivity contribution < 1.29 is 32.3 Å². The van der Waals surface area contributed by atoms with Gasteiger partial charge in [-0.1, -0.05) is 6.07 Å². The molecule has 2 amide bonds. The molecule has 0 spiro atoms. The first-order valence-electron chi connectivity index (χ1n) is 8.61. The molecule has 0 aromatic heterocycles. The third-order valence-corrected chi connectivity index (χ3v) is 4.99. The monoisotopic (exact) mass is 384 g/mol. The maximum absolute atomic E-state index is 13.0. The van der Waals surface area contributed by atoms with Crippen LogP contribution in [0.1, 0.15) is 29.6 Å². The van der Waals surface area contributed by atoms with Crippen molar-refractivity contribution in [3.63, 3.8) is 0 Å². The van der Waals surface area contributed by atoms with Crippen LogP contribution in [-0.2, 0) is 9.59 Å². The second-order valence-electron chi connectivity index (χ2n) is 6.58. The molecule has 27 heavy (non-hydrogen) atoms. The molecule has 6 nitrogen and oxygen atoms in total. The molecule has 3 rings (SSSR count). The lowest BCUT2D eigenvalue weighted by Crippen LogP contribution is -2.49. The molecule has 2 aliphatic rings. The first kappa shape index (κ1) is 19.2. The molecule has 0 saturated carbocycles. The van der Waals surface area contributed by atoms with Gasteiger partial charge in [0.15, 0.2) is 5.78 Å². The summed E-state index contributed by atoms with van der Waals surface area (Å²) in [6.07, 6.45) is -4.43. The number of alkyl halides is 3. The summed E-state index contributed by atoms with van der Waals surface area (Å²) in [7, 11) is 1.44. The normalized spacial score (nSPS) is 18.3. The Labute approximate surface area is 153 Å². The zero-order chi connectivity index (χ0) is 19.8. The number of para-hydroxylation sites is 1. The van der Waals surface area contributed by atoms with Crippen molar-refractivity contribution in [1.82, 2.24) is 4.90 Å². The summed E-state index contributed by atoms with van der Waals surface area (Å²) in [5.74, 6) is -2.32. The zero-order valence-electron chi connectivity index (χ0n) is 14.7. The molecule has 146 valence electrons. The van der Waals surface area contributed by atoms with E-state index in [-0.39, 0.29) is 50.6 Å². The van der Waals surface area contributed by atoms with Gasteiger partial charge in [-0.2, -0.15) is 13.2 Å². The molecule has 1 saturated heterocycles.